The van der Waals surface area contributed by atoms with Crippen molar-refractivity contribution in [1.29, 1.82) is 0 Å². The van der Waals surface area contributed by atoms with Crippen molar-refractivity contribution in [2.24, 2.45) is 0 Å². The van der Waals surface area contributed by atoms with Crippen LogP contribution in [0.15, 0.2) is 41.8 Å². The molecule has 0 radical (unpaired) electrons. The number of hydrogen-bond acceptors (Lipinski definition) is 6. The van der Waals surface area contributed by atoms with E-state index in [1.165, 1.54) is 36.9 Å². The molecule has 1 aromatic carbocycles. The molecule has 0 saturated carbocycles. The molecule has 0 unspecified atom stereocenters. The number of aliphatic hydroxyl groups excluding tert-OH is 1. The van der Waals surface area contributed by atoms with Crippen LogP contribution < -0.4 is 10.1 Å². The van der Waals surface area contributed by atoms with Gasteiger partial charge in [0, 0.05) is 5.02 Å². The number of rotatable bonds is 6. The molecule has 0 fully saturated rings. The third-order valence-corrected chi connectivity index (χ3v) is 4.32. The quantitative estimate of drug-likeness (QED) is 0.638. The molecule has 1 aromatic heterocycles. The van der Waals surface area contributed by atoms with Crippen LogP contribution in [-0.2, 0) is 14.8 Å². The Kier molecular flexibility index (Phi) is 5.08. The van der Waals surface area contributed by atoms with Crippen molar-refractivity contribution in [3.63, 3.8) is 0 Å². The van der Waals surface area contributed by atoms with Crippen molar-refractivity contribution < 1.29 is 18.3 Å². The molecule has 2 rings (SSSR count). The molecule has 0 aliphatic heterocycles. The third-order valence-electron chi connectivity index (χ3n) is 2.58. The molecule has 118 valence electrons. The van der Waals surface area contributed by atoms with Crippen molar-refractivity contribution in [2.45, 2.75) is 10.9 Å². The summed E-state index contributed by atoms with van der Waals surface area (Å²) in [6, 6.07) is 4.01. The molecule has 9 nitrogen and oxygen atoms in total. The van der Waals surface area contributed by atoms with Gasteiger partial charge >= 0.3 is 0 Å². The minimum Gasteiger partial charge on any atom is -0.394 e. The molecular weight excluding hydrogens is 334 g/mol. The first-order chi connectivity index (χ1) is 10.4. The van der Waals surface area contributed by atoms with Gasteiger partial charge in [0.15, 0.2) is 0 Å². The normalized spacial score (nSPS) is 12.8. The fourth-order valence-corrected chi connectivity index (χ4v) is 2.82. The van der Waals surface area contributed by atoms with Crippen molar-refractivity contribution >= 4 is 27.5 Å². The number of aromatic nitrogens is 3. The maximum absolute atomic E-state index is 12.1. The summed E-state index contributed by atoms with van der Waals surface area (Å²) >= 11 is 5.69. The number of halogens is 1. The Morgan fingerprint density at radius 2 is 1.86 bits per heavy atom. The Morgan fingerprint density at radius 3 is 2.41 bits per heavy atom. The van der Waals surface area contributed by atoms with Crippen LogP contribution in [0.1, 0.15) is 0 Å². The lowest BCUT2D eigenvalue weighted by atomic mass is 10.3. The first-order valence-electron chi connectivity index (χ1n) is 5.96. The Labute approximate surface area is 130 Å². The van der Waals surface area contributed by atoms with E-state index < -0.39 is 28.6 Å². The molecule has 0 saturated heterocycles. The molecule has 22 heavy (non-hydrogen) atoms. The maximum atomic E-state index is 12.1. The predicted octanol–water partition coefficient (Wildman–Crippen LogP) is -0.659. The van der Waals surface area contributed by atoms with E-state index in [0.717, 1.165) is 4.68 Å². The van der Waals surface area contributed by atoms with Gasteiger partial charge in [-0.15, -0.1) is 10.2 Å². The number of carbonyl (C=O) groups excluding carboxylic acids is 1. The number of nitrogens with zero attached hydrogens (tertiary/aromatic N) is 3. The lowest BCUT2D eigenvalue weighted by Gasteiger charge is -2.16. The third kappa shape index (κ3) is 4.01. The van der Waals surface area contributed by atoms with Gasteiger partial charge in [-0.1, -0.05) is 11.6 Å². The molecule has 2 aromatic rings. The van der Waals surface area contributed by atoms with Crippen molar-refractivity contribution in [1.82, 2.24) is 19.6 Å². The van der Waals surface area contributed by atoms with Gasteiger partial charge in [-0.05, 0) is 24.3 Å². The Morgan fingerprint density at radius 1 is 1.27 bits per heavy atom. The van der Waals surface area contributed by atoms with Crippen LogP contribution in [0, 0.1) is 0 Å². The Bertz CT molecular complexity index is 732. The van der Waals surface area contributed by atoms with Crippen molar-refractivity contribution in [2.75, 3.05) is 12.0 Å². The second-order valence-corrected chi connectivity index (χ2v) is 6.31. The predicted molar refractivity (Wildman–Crippen MR) is 77.0 cm³/mol. The standard InChI is InChI=1S/C11H12ClN5O4S/c12-8-1-3-9(4-2-8)22(20,21)16-10(5-18)11(19)15-17-6-13-14-7-17/h1-4,6-7,10,16,18H,5H2,(H,15,19)/t10-/m0/s1. The van der Waals surface area contributed by atoms with Gasteiger partial charge in [-0.25, -0.2) is 13.1 Å². The van der Waals surface area contributed by atoms with Gasteiger partial charge < -0.3 is 5.11 Å². The van der Waals surface area contributed by atoms with E-state index in [2.05, 4.69) is 20.3 Å². The first-order valence-corrected chi connectivity index (χ1v) is 7.83. The highest BCUT2D eigenvalue weighted by atomic mass is 35.5. The highest BCUT2D eigenvalue weighted by Gasteiger charge is 2.25. The van der Waals surface area contributed by atoms with Crippen LogP contribution in [0.4, 0.5) is 0 Å². The zero-order chi connectivity index (χ0) is 16.2. The average molecular weight is 346 g/mol. The van der Waals surface area contributed by atoms with Crippen molar-refractivity contribution in [3.05, 3.63) is 41.9 Å². The lowest BCUT2D eigenvalue weighted by molar-refractivity contribution is -0.119. The van der Waals surface area contributed by atoms with E-state index in [4.69, 9.17) is 11.6 Å². The molecule has 11 heteroatoms. The Hall–Kier alpha value is -2.01. The van der Waals surface area contributed by atoms with Gasteiger partial charge in [0.25, 0.3) is 5.91 Å². The molecule has 0 aliphatic carbocycles. The van der Waals surface area contributed by atoms with Crippen LogP contribution in [0.25, 0.3) is 0 Å². The number of amides is 1. The largest absolute Gasteiger partial charge is 0.394 e. The number of sulfonamides is 1. The second-order valence-electron chi connectivity index (χ2n) is 4.16. The minimum atomic E-state index is -3.98. The lowest BCUT2D eigenvalue weighted by Crippen LogP contribution is -2.47. The summed E-state index contributed by atoms with van der Waals surface area (Å²) in [7, 11) is -3.98. The van der Waals surface area contributed by atoms with Crippen molar-refractivity contribution in [3.8, 4) is 0 Å². The van der Waals surface area contributed by atoms with Crippen LogP contribution in [0.5, 0.6) is 0 Å². The van der Waals surface area contributed by atoms with E-state index in [1.54, 1.807) is 0 Å². The summed E-state index contributed by atoms with van der Waals surface area (Å²) in [5.74, 6) is -0.764. The van der Waals surface area contributed by atoms with Gasteiger partial charge in [0.05, 0.1) is 11.5 Å². The van der Waals surface area contributed by atoms with E-state index in [1.807, 2.05) is 0 Å². The van der Waals surface area contributed by atoms with Gasteiger partial charge in [-0.2, -0.15) is 4.72 Å². The van der Waals surface area contributed by atoms with E-state index >= 15 is 0 Å². The van der Waals surface area contributed by atoms with Crippen LogP contribution >= 0.6 is 11.6 Å². The molecule has 0 aliphatic rings. The molecular formula is C11H12ClN5O4S. The van der Waals surface area contributed by atoms with Crippen LogP contribution in [0.2, 0.25) is 5.02 Å². The van der Waals surface area contributed by atoms with Gasteiger partial charge in [-0.3, -0.25) is 10.2 Å². The summed E-state index contributed by atoms with van der Waals surface area (Å²) in [5, 5.41) is 16.6. The molecule has 0 bridgehead atoms. The average Bonchev–Trinajstić information content (AvgIpc) is 2.98. The van der Waals surface area contributed by atoms with Crippen LogP contribution in [0.3, 0.4) is 0 Å². The number of benzene rings is 1. The smallest absolute Gasteiger partial charge is 0.259 e. The summed E-state index contributed by atoms with van der Waals surface area (Å²) in [5.41, 5.74) is 2.30. The highest BCUT2D eigenvalue weighted by molar-refractivity contribution is 7.89. The Balaban J connectivity index is 2.11. The molecule has 1 atom stereocenters. The monoisotopic (exact) mass is 345 g/mol. The maximum Gasteiger partial charge on any atom is 0.259 e. The van der Waals surface area contributed by atoms with Gasteiger partial charge in [0.2, 0.25) is 10.0 Å². The van der Waals surface area contributed by atoms with Gasteiger partial charge in [0.1, 0.15) is 18.7 Å². The first kappa shape index (κ1) is 16.4. The number of nitrogens with one attached hydrogen (secondary N) is 2. The van der Waals surface area contributed by atoms with E-state index in [9.17, 15) is 18.3 Å². The zero-order valence-electron chi connectivity index (χ0n) is 11.0. The fraction of sp³-hybridized carbons (Fsp3) is 0.182. The summed E-state index contributed by atoms with van der Waals surface area (Å²) in [6.45, 7) is -0.721. The summed E-state index contributed by atoms with van der Waals surface area (Å²) in [4.78, 5) is 11.8. The van der Waals surface area contributed by atoms with E-state index in [0.29, 0.717) is 5.02 Å². The number of hydrogen-bond donors (Lipinski definition) is 3. The molecule has 0 spiro atoms. The number of carbonyl (C=O) groups is 1. The zero-order valence-corrected chi connectivity index (χ0v) is 12.6. The molecule has 3 N–H and O–H groups in total. The van der Waals surface area contributed by atoms with E-state index in [-0.39, 0.29) is 4.90 Å². The summed E-state index contributed by atoms with van der Waals surface area (Å²) in [6.07, 6.45) is 2.42. The SMILES string of the molecule is O=C(Nn1cnnc1)[C@H](CO)NS(=O)(=O)c1ccc(Cl)cc1. The molecule has 1 heterocycles. The number of aliphatic hydroxyl groups is 1. The minimum absolute atomic E-state index is 0.0764. The molecule has 1 amide bonds. The van der Waals surface area contributed by atoms with Crippen LogP contribution in [-0.4, -0.2) is 47.0 Å². The second kappa shape index (κ2) is 6.83. The fourth-order valence-electron chi connectivity index (χ4n) is 1.51. The summed E-state index contributed by atoms with van der Waals surface area (Å²) < 4.78 is 27.5. The topological polar surface area (TPSA) is 126 Å². The highest BCUT2D eigenvalue weighted by Crippen LogP contribution is 2.14.